The molecule has 88 valence electrons. The SMILES string of the molecule is CCC(=O)c1cccc(F)c1OC(F)(F)F. The van der Waals surface area contributed by atoms with E-state index in [-0.39, 0.29) is 6.42 Å². The van der Waals surface area contributed by atoms with E-state index in [1.165, 1.54) is 6.92 Å². The van der Waals surface area contributed by atoms with Crippen LogP contribution in [0.2, 0.25) is 0 Å². The van der Waals surface area contributed by atoms with Gasteiger partial charge in [0, 0.05) is 6.42 Å². The van der Waals surface area contributed by atoms with E-state index < -0.39 is 29.3 Å². The highest BCUT2D eigenvalue weighted by atomic mass is 19.4. The number of hydrogen-bond acceptors (Lipinski definition) is 2. The molecule has 0 aromatic heterocycles. The lowest BCUT2D eigenvalue weighted by atomic mass is 10.1. The zero-order valence-corrected chi connectivity index (χ0v) is 8.27. The Morgan fingerprint density at radius 2 is 2.00 bits per heavy atom. The van der Waals surface area contributed by atoms with Gasteiger partial charge in [0.1, 0.15) is 0 Å². The summed E-state index contributed by atoms with van der Waals surface area (Å²) in [4.78, 5) is 11.3. The molecule has 0 aliphatic heterocycles. The van der Waals surface area contributed by atoms with Crippen LogP contribution in [0.5, 0.6) is 5.75 Å². The highest BCUT2D eigenvalue weighted by Gasteiger charge is 2.34. The van der Waals surface area contributed by atoms with Gasteiger partial charge in [-0.15, -0.1) is 13.2 Å². The molecule has 0 unspecified atom stereocenters. The molecule has 1 aromatic rings. The summed E-state index contributed by atoms with van der Waals surface area (Å²) in [6.07, 6.45) is -5.05. The van der Waals surface area contributed by atoms with Crippen LogP contribution in [-0.2, 0) is 0 Å². The highest BCUT2D eigenvalue weighted by Crippen LogP contribution is 2.29. The number of hydrogen-bond donors (Lipinski definition) is 0. The zero-order valence-electron chi connectivity index (χ0n) is 8.27. The van der Waals surface area contributed by atoms with Crippen LogP contribution >= 0.6 is 0 Å². The normalized spacial score (nSPS) is 11.3. The van der Waals surface area contributed by atoms with Crippen molar-refractivity contribution in [1.82, 2.24) is 0 Å². The molecule has 0 saturated heterocycles. The molecule has 0 atom stereocenters. The Labute approximate surface area is 88.8 Å². The van der Waals surface area contributed by atoms with E-state index in [9.17, 15) is 22.4 Å². The van der Waals surface area contributed by atoms with Crippen LogP contribution < -0.4 is 4.74 Å². The van der Waals surface area contributed by atoms with Crippen LogP contribution in [-0.4, -0.2) is 12.1 Å². The third kappa shape index (κ3) is 2.95. The molecule has 0 fully saturated rings. The van der Waals surface area contributed by atoms with Gasteiger partial charge in [0.25, 0.3) is 0 Å². The molecule has 1 rings (SSSR count). The quantitative estimate of drug-likeness (QED) is 0.594. The van der Waals surface area contributed by atoms with E-state index in [4.69, 9.17) is 0 Å². The number of ketones is 1. The second-order valence-corrected chi connectivity index (χ2v) is 2.94. The first-order chi connectivity index (χ1) is 7.35. The second-order valence-electron chi connectivity index (χ2n) is 2.94. The Morgan fingerprint density at radius 3 is 2.50 bits per heavy atom. The van der Waals surface area contributed by atoms with E-state index in [0.29, 0.717) is 0 Å². The molecule has 0 radical (unpaired) electrons. The minimum absolute atomic E-state index is 0.0301. The molecule has 0 amide bonds. The van der Waals surface area contributed by atoms with Crippen molar-refractivity contribution in [2.45, 2.75) is 19.7 Å². The second kappa shape index (κ2) is 4.51. The van der Waals surface area contributed by atoms with E-state index in [1.54, 1.807) is 0 Å². The monoisotopic (exact) mass is 236 g/mol. The van der Waals surface area contributed by atoms with Crippen molar-refractivity contribution in [2.24, 2.45) is 0 Å². The van der Waals surface area contributed by atoms with Crippen molar-refractivity contribution >= 4 is 5.78 Å². The number of benzene rings is 1. The van der Waals surface area contributed by atoms with Crippen LogP contribution in [0.1, 0.15) is 23.7 Å². The maximum Gasteiger partial charge on any atom is 0.573 e. The summed E-state index contributed by atoms with van der Waals surface area (Å²) in [5.41, 5.74) is -0.403. The largest absolute Gasteiger partial charge is 0.573 e. The molecule has 0 aliphatic rings. The first-order valence-corrected chi connectivity index (χ1v) is 4.42. The minimum atomic E-state index is -5.02. The lowest BCUT2D eigenvalue weighted by Gasteiger charge is -2.12. The minimum Gasteiger partial charge on any atom is -0.402 e. The van der Waals surface area contributed by atoms with Crippen molar-refractivity contribution < 1.29 is 27.1 Å². The molecule has 0 aliphatic carbocycles. The molecule has 16 heavy (non-hydrogen) atoms. The van der Waals surface area contributed by atoms with Gasteiger partial charge >= 0.3 is 6.36 Å². The molecule has 0 N–H and O–H groups in total. The average Bonchev–Trinajstić information content (AvgIpc) is 2.18. The third-order valence-corrected chi connectivity index (χ3v) is 1.81. The molecule has 0 heterocycles. The van der Waals surface area contributed by atoms with Gasteiger partial charge < -0.3 is 4.74 Å². The summed E-state index contributed by atoms with van der Waals surface area (Å²) in [7, 11) is 0. The van der Waals surface area contributed by atoms with Crippen molar-refractivity contribution in [3.8, 4) is 5.75 Å². The Bertz CT molecular complexity index is 398. The number of carbonyl (C=O) groups is 1. The van der Waals surface area contributed by atoms with Crippen molar-refractivity contribution in [2.75, 3.05) is 0 Å². The molecular weight excluding hydrogens is 228 g/mol. The van der Waals surface area contributed by atoms with Gasteiger partial charge in [-0.2, -0.15) is 0 Å². The summed E-state index contributed by atoms with van der Waals surface area (Å²) >= 11 is 0. The van der Waals surface area contributed by atoms with E-state index in [0.717, 1.165) is 18.2 Å². The number of para-hydroxylation sites is 1. The van der Waals surface area contributed by atoms with Gasteiger partial charge in [0.2, 0.25) is 0 Å². The smallest absolute Gasteiger partial charge is 0.402 e. The van der Waals surface area contributed by atoms with E-state index >= 15 is 0 Å². The first kappa shape index (κ1) is 12.5. The molecule has 6 heteroatoms. The van der Waals surface area contributed by atoms with Crippen LogP contribution in [0, 0.1) is 5.82 Å². The maximum atomic E-state index is 13.1. The van der Waals surface area contributed by atoms with E-state index in [2.05, 4.69) is 4.74 Å². The van der Waals surface area contributed by atoms with Crippen molar-refractivity contribution in [3.63, 3.8) is 0 Å². The maximum absolute atomic E-state index is 13.1. The summed E-state index contributed by atoms with van der Waals surface area (Å²) in [6.45, 7) is 1.46. The van der Waals surface area contributed by atoms with Gasteiger partial charge in [0.05, 0.1) is 5.56 Å². The number of alkyl halides is 3. The first-order valence-electron chi connectivity index (χ1n) is 4.42. The Kier molecular flexibility index (Phi) is 3.51. The average molecular weight is 236 g/mol. The predicted molar refractivity (Wildman–Crippen MR) is 47.7 cm³/mol. The molecule has 0 saturated carbocycles. The van der Waals surface area contributed by atoms with E-state index in [1.807, 2.05) is 0 Å². The standard InChI is InChI=1S/C10H8F4O2/c1-2-8(15)6-4-3-5-7(11)9(6)16-10(12,13)14/h3-5H,2H2,1H3. The van der Waals surface area contributed by atoms with Crippen LogP contribution in [0.25, 0.3) is 0 Å². The van der Waals surface area contributed by atoms with Crippen LogP contribution in [0.3, 0.4) is 0 Å². The van der Waals surface area contributed by atoms with Gasteiger partial charge in [-0.1, -0.05) is 13.0 Å². The predicted octanol–water partition coefficient (Wildman–Crippen LogP) is 3.32. The molecule has 0 bridgehead atoms. The van der Waals surface area contributed by atoms with Crippen LogP contribution in [0.15, 0.2) is 18.2 Å². The highest BCUT2D eigenvalue weighted by molar-refractivity contribution is 5.98. The molecule has 1 aromatic carbocycles. The molecular formula is C10H8F4O2. The fourth-order valence-electron chi connectivity index (χ4n) is 1.14. The Hall–Kier alpha value is -1.59. The molecule has 2 nitrogen and oxygen atoms in total. The van der Waals surface area contributed by atoms with Crippen molar-refractivity contribution in [3.05, 3.63) is 29.6 Å². The summed E-state index contributed by atoms with van der Waals surface area (Å²) in [6, 6.07) is 3.05. The number of Topliss-reactive ketones (excluding diaryl/α,β-unsaturated/α-hetero) is 1. The number of rotatable bonds is 3. The zero-order chi connectivity index (χ0) is 12.3. The molecule has 0 spiro atoms. The van der Waals surface area contributed by atoms with Gasteiger partial charge in [-0.3, -0.25) is 4.79 Å². The summed E-state index contributed by atoms with van der Waals surface area (Å²) < 4.78 is 52.5. The number of carbonyl (C=O) groups excluding carboxylic acids is 1. The lowest BCUT2D eigenvalue weighted by Crippen LogP contribution is -2.20. The van der Waals surface area contributed by atoms with Gasteiger partial charge in [0.15, 0.2) is 17.3 Å². The Morgan fingerprint density at radius 1 is 1.38 bits per heavy atom. The van der Waals surface area contributed by atoms with Crippen molar-refractivity contribution in [1.29, 1.82) is 0 Å². The van der Waals surface area contributed by atoms with Gasteiger partial charge in [-0.25, -0.2) is 4.39 Å². The Balaban J connectivity index is 3.19. The lowest BCUT2D eigenvalue weighted by molar-refractivity contribution is -0.275. The fraction of sp³-hybridized carbons (Fsp3) is 0.300. The number of halogens is 4. The number of ether oxygens (including phenoxy) is 1. The fourth-order valence-corrected chi connectivity index (χ4v) is 1.14. The summed E-state index contributed by atoms with van der Waals surface area (Å²) in [5.74, 6) is -2.89. The van der Waals surface area contributed by atoms with Crippen LogP contribution in [0.4, 0.5) is 17.6 Å². The third-order valence-electron chi connectivity index (χ3n) is 1.81. The summed E-state index contributed by atoms with van der Waals surface area (Å²) in [5, 5.41) is 0. The topological polar surface area (TPSA) is 26.3 Å². The van der Waals surface area contributed by atoms with Gasteiger partial charge in [-0.05, 0) is 12.1 Å².